The second-order valence-corrected chi connectivity index (χ2v) is 32.4. The summed E-state index contributed by atoms with van der Waals surface area (Å²) in [4.78, 5) is 45.9. The number of benzene rings is 10. The molecule has 131 heavy (non-hydrogen) atoms. The van der Waals surface area contributed by atoms with Crippen molar-refractivity contribution in [1.82, 2.24) is 92.7 Å². The molecule has 15 heterocycles. The predicted molar refractivity (Wildman–Crippen MR) is 523 cm³/mol. The first kappa shape index (κ1) is 80.3. The molecule has 25 rings (SSSR count). The van der Waals surface area contributed by atoms with Gasteiger partial charge in [0.2, 0.25) is 0 Å². The number of para-hydroxylation sites is 4. The number of fused-ring (bicyclic) bond motifs is 10. The molecule has 0 radical (unpaired) electrons. The number of pyridine rings is 5. The molecule has 15 aromatic heterocycles. The van der Waals surface area contributed by atoms with Gasteiger partial charge in [0.25, 0.3) is 0 Å². The molecule has 20 heteroatoms. The Hall–Kier alpha value is -17.8. The van der Waals surface area contributed by atoms with Crippen LogP contribution in [0.4, 0.5) is 0 Å². The summed E-state index contributed by atoms with van der Waals surface area (Å²) >= 11 is 0. The highest BCUT2D eigenvalue weighted by Gasteiger charge is 2.20. The first-order chi connectivity index (χ1) is 64.3. The molecule has 20 nitrogen and oxygen atoms in total. The Morgan fingerprint density at radius 3 is 0.931 bits per heavy atom. The first-order valence-corrected chi connectivity index (χ1v) is 43.0. The van der Waals surface area contributed by atoms with E-state index in [4.69, 9.17) is 15.0 Å². The summed E-state index contributed by atoms with van der Waals surface area (Å²) in [5, 5.41) is 33.1. The van der Waals surface area contributed by atoms with Gasteiger partial charge in [-0.3, -0.25) is 24.9 Å². The molecule has 0 fully saturated rings. The zero-order valence-electron chi connectivity index (χ0n) is 72.0. The highest BCUT2D eigenvalue weighted by Crippen LogP contribution is 2.38. The molecule has 1 N–H and O–H groups in total. The van der Waals surface area contributed by atoms with Crippen LogP contribution in [0.15, 0.2) is 397 Å². The second kappa shape index (κ2) is 35.0. The number of rotatable bonds is 10. The average Bonchev–Trinajstić information content (AvgIpc) is 1.69. The van der Waals surface area contributed by atoms with E-state index in [0.717, 1.165) is 188 Å². The summed E-state index contributed by atoms with van der Waals surface area (Å²) in [5.74, 6) is 0.244. The monoisotopic (exact) mass is 1700 g/mol. The van der Waals surface area contributed by atoms with Crippen LogP contribution in [0.1, 0.15) is 27.8 Å². The fourth-order valence-electron chi connectivity index (χ4n) is 16.6. The van der Waals surface area contributed by atoms with Crippen LogP contribution in [-0.2, 0) is 0 Å². The lowest BCUT2D eigenvalue weighted by atomic mass is 10.0. The molecular weight excluding hydrogens is 1620 g/mol. The summed E-state index contributed by atoms with van der Waals surface area (Å²) < 4.78 is 9.41. The van der Waals surface area contributed by atoms with Crippen molar-refractivity contribution in [1.29, 1.82) is 0 Å². The minimum absolute atomic E-state index is 0.244. The zero-order valence-corrected chi connectivity index (χ0v) is 72.0. The van der Waals surface area contributed by atoms with Crippen LogP contribution in [-0.4, -0.2) is 97.8 Å². The third-order valence-electron chi connectivity index (χ3n) is 23.6. The minimum Gasteiger partial charge on any atom is -0.508 e. The van der Waals surface area contributed by atoms with E-state index in [0.29, 0.717) is 0 Å². The fourth-order valence-corrected chi connectivity index (χ4v) is 16.6. The largest absolute Gasteiger partial charge is 0.508 e. The van der Waals surface area contributed by atoms with Crippen molar-refractivity contribution in [2.75, 3.05) is 0 Å². The molecule has 0 aliphatic heterocycles. The number of aromatic nitrogens is 19. The normalized spacial score (nSPS) is 11.3. The summed E-state index contributed by atoms with van der Waals surface area (Å²) in [6.45, 7) is 10.4. The molecule has 10 aromatic carbocycles. The number of aromatic hydroxyl groups is 1. The van der Waals surface area contributed by atoms with Gasteiger partial charge in [0.15, 0.2) is 22.6 Å². The van der Waals surface area contributed by atoms with Crippen molar-refractivity contribution >= 4 is 82.8 Å². The fraction of sp³-hybridized carbons (Fsp3) is 0.0450. The number of hydrogen-bond acceptors (Lipinski definition) is 15. The average molecular weight is 1700 g/mol. The van der Waals surface area contributed by atoms with Gasteiger partial charge in [0.05, 0.1) is 52.4 Å². The number of hydrogen-bond donors (Lipinski definition) is 1. The van der Waals surface area contributed by atoms with Gasteiger partial charge in [-0.25, -0.2) is 43.0 Å². The van der Waals surface area contributed by atoms with E-state index in [9.17, 15) is 5.11 Å². The lowest BCUT2D eigenvalue weighted by Gasteiger charge is -2.07. The van der Waals surface area contributed by atoms with Crippen molar-refractivity contribution in [3.05, 3.63) is 425 Å². The molecule has 0 saturated carbocycles. The molecular formula is C111H81N19O. The lowest BCUT2D eigenvalue weighted by Crippen LogP contribution is -1.92. The van der Waals surface area contributed by atoms with Crippen molar-refractivity contribution < 1.29 is 5.11 Å². The van der Waals surface area contributed by atoms with Crippen LogP contribution in [0, 0.1) is 34.6 Å². The van der Waals surface area contributed by atoms with E-state index in [1.165, 1.54) is 33.4 Å². The van der Waals surface area contributed by atoms with E-state index in [1.807, 2.05) is 222 Å². The Labute approximate surface area is 752 Å². The zero-order chi connectivity index (χ0) is 88.4. The molecule has 0 saturated heterocycles. The van der Waals surface area contributed by atoms with E-state index in [1.54, 1.807) is 16.6 Å². The highest BCUT2D eigenvalue weighted by atomic mass is 16.3. The Kier molecular flexibility index (Phi) is 21.4. The summed E-state index contributed by atoms with van der Waals surface area (Å²) in [5.41, 5.74) is 36.7. The first-order valence-electron chi connectivity index (χ1n) is 43.0. The van der Waals surface area contributed by atoms with Gasteiger partial charge in [0.1, 0.15) is 11.4 Å². The van der Waals surface area contributed by atoms with Gasteiger partial charge < -0.3 is 9.51 Å². The van der Waals surface area contributed by atoms with E-state index in [2.05, 4.69) is 270 Å². The van der Waals surface area contributed by atoms with Crippen molar-refractivity contribution in [3.8, 4) is 117 Å². The van der Waals surface area contributed by atoms with Gasteiger partial charge in [-0.05, 0) is 169 Å². The molecule has 626 valence electrons. The van der Waals surface area contributed by atoms with Crippen LogP contribution < -0.4 is 0 Å². The van der Waals surface area contributed by atoms with Crippen molar-refractivity contribution in [2.24, 2.45) is 0 Å². The molecule has 0 spiro atoms. The van der Waals surface area contributed by atoms with Crippen molar-refractivity contribution in [2.45, 2.75) is 34.6 Å². The maximum Gasteiger partial charge on any atom is 0.162 e. The quantitative estimate of drug-likeness (QED) is 0.134. The summed E-state index contributed by atoms with van der Waals surface area (Å²) in [6, 6.07) is 92.1. The Bertz CT molecular complexity index is 8060. The predicted octanol–water partition coefficient (Wildman–Crippen LogP) is 24.9. The van der Waals surface area contributed by atoms with E-state index < -0.39 is 0 Å². The summed E-state index contributed by atoms with van der Waals surface area (Å²) in [6.07, 6.45) is 38.4. The van der Waals surface area contributed by atoms with Crippen molar-refractivity contribution in [3.63, 3.8) is 0 Å². The van der Waals surface area contributed by atoms with Crippen LogP contribution in [0.2, 0.25) is 0 Å². The Morgan fingerprint density at radius 1 is 0.206 bits per heavy atom. The summed E-state index contributed by atoms with van der Waals surface area (Å²) in [7, 11) is 0. The third-order valence-corrected chi connectivity index (χ3v) is 23.6. The number of phenolic OH excluding ortho intramolecular Hbond substituents is 1. The molecule has 0 atom stereocenters. The smallest absolute Gasteiger partial charge is 0.162 e. The van der Waals surface area contributed by atoms with Gasteiger partial charge in [-0.2, -0.15) is 20.4 Å². The van der Waals surface area contributed by atoms with Crippen LogP contribution in [0.25, 0.3) is 194 Å². The second-order valence-electron chi connectivity index (χ2n) is 32.4. The number of aryl methyl sites for hydroxylation is 5. The van der Waals surface area contributed by atoms with Crippen LogP contribution in [0.5, 0.6) is 5.75 Å². The molecule has 0 aliphatic carbocycles. The van der Waals surface area contributed by atoms with E-state index in [-0.39, 0.29) is 5.75 Å². The molecule has 0 bridgehead atoms. The molecule has 0 unspecified atom stereocenters. The molecule has 25 aromatic rings. The standard InChI is InChI=1S/C23H18N4.C23H17N3.2C22H16N4.C21H14N4O/c1-15-3-6-17(7-4-15)18-12-25-23-21(13-26-27(23)14-18)19-9-10-24-22-11-16(2)5-8-20(19)22;1-16-6-8-17(9-7-16)18-14-25-23-21(11-13-26(23)15-18)19-10-12-24-22-5-3-2-4-20(19)22;1-15-6-8-16(9-7-15)19-12-24-22-20(13-25-26(22)14-19)18-10-17-4-2-3-5-21(17)23-11-18;1-15-6-8-16(9-7-15)17-12-24-22-20(13-25-26(22)14-17)18-10-11-23-21-5-3-2-4-19(18)21;26-16-7-5-14(6-8-16)15-11-23-21-19(12-24-25(21)13-15)17-9-10-22-20-4-2-1-3-18(17)20/h3-14H,1-2H3;2-15H,1H3;2*2-14H,1H3;1-13,26H. The van der Waals surface area contributed by atoms with E-state index >= 15 is 0 Å². The van der Waals surface area contributed by atoms with Crippen LogP contribution >= 0.6 is 0 Å². The van der Waals surface area contributed by atoms with Gasteiger partial charge in [0, 0.05) is 187 Å². The minimum atomic E-state index is 0.244. The number of nitrogens with zero attached hydrogens (tertiary/aromatic N) is 19. The SMILES string of the molecule is Cc1ccc(-c2cnc3c(-c4ccnc5cc(C)ccc45)cnn3c2)cc1.Cc1ccc(-c2cnc3c(-c4ccnc5ccccc45)ccn3c2)cc1.Cc1ccc(-c2cnc3c(-c4ccnc5ccccc45)cnn3c2)cc1.Cc1ccc(-c2cnc3c(-c4cnc5ccccc5c4)cnn3c2)cc1.Oc1ccc(-c2cnc3c(-c4ccnc5ccccc45)cnn3c2)cc1. The highest BCUT2D eigenvalue weighted by molar-refractivity contribution is 6.02. The third kappa shape index (κ3) is 16.4. The number of phenols is 1. The lowest BCUT2D eigenvalue weighted by molar-refractivity contribution is 0.475. The van der Waals surface area contributed by atoms with Crippen LogP contribution in [0.3, 0.4) is 0 Å². The maximum atomic E-state index is 9.45. The molecule has 0 aliphatic rings. The van der Waals surface area contributed by atoms with Gasteiger partial charge in [-0.15, -0.1) is 0 Å². The molecule has 0 amide bonds. The Balaban J connectivity index is 0.0000000989. The Morgan fingerprint density at radius 2 is 0.519 bits per heavy atom. The van der Waals surface area contributed by atoms with Gasteiger partial charge in [-0.1, -0.05) is 216 Å². The van der Waals surface area contributed by atoms with Gasteiger partial charge >= 0.3 is 0 Å². The topological polar surface area (TPSA) is 223 Å². The maximum absolute atomic E-state index is 9.45.